The van der Waals surface area contributed by atoms with Gasteiger partial charge in [-0.2, -0.15) is 0 Å². The lowest BCUT2D eigenvalue weighted by atomic mass is 9.78. The Balaban J connectivity index is 2.66. The van der Waals surface area contributed by atoms with Crippen molar-refractivity contribution < 1.29 is 19.1 Å². The third-order valence-electron chi connectivity index (χ3n) is 3.93. The molecule has 116 valence electrons. The van der Waals surface area contributed by atoms with E-state index in [1.807, 2.05) is 20.8 Å². The smallest absolute Gasteiger partial charge is 0.319 e. The summed E-state index contributed by atoms with van der Waals surface area (Å²) in [5, 5.41) is 2.86. The van der Waals surface area contributed by atoms with Gasteiger partial charge >= 0.3 is 5.97 Å². The first-order valence-corrected chi connectivity index (χ1v) is 7.25. The van der Waals surface area contributed by atoms with Gasteiger partial charge in [-0.25, -0.2) is 0 Å². The van der Waals surface area contributed by atoms with Gasteiger partial charge in [-0.05, 0) is 31.6 Å². The van der Waals surface area contributed by atoms with Crippen molar-refractivity contribution >= 4 is 11.9 Å². The topological polar surface area (TPSA) is 64.6 Å². The first kappa shape index (κ1) is 17.0. The number of amides is 1. The van der Waals surface area contributed by atoms with Gasteiger partial charge in [-0.1, -0.05) is 20.8 Å². The van der Waals surface area contributed by atoms with Crippen LogP contribution in [0.2, 0.25) is 0 Å². The van der Waals surface area contributed by atoms with Crippen molar-refractivity contribution in [2.45, 2.75) is 52.6 Å². The predicted molar refractivity (Wildman–Crippen MR) is 76.2 cm³/mol. The molecule has 0 aliphatic heterocycles. The van der Waals surface area contributed by atoms with E-state index in [-0.39, 0.29) is 18.1 Å². The van der Waals surface area contributed by atoms with Crippen molar-refractivity contribution in [1.82, 2.24) is 5.32 Å². The van der Waals surface area contributed by atoms with Crippen LogP contribution in [0.5, 0.6) is 0 Å². The highest BCUT2D eigenvalue weighted by atomic mass is 16.5. The van der Waals surface area contributed by atoms with E-state index in [4.69, 9.17) is 9.47 Å². The predicted octanol–water partition coefficient (Wildman–Crippen LogP) is 1.90. The van der Waals surface area contributed by atoms with Crippen LogP contribution in [-0.4, -0.2) is 37.7 Å². The highest BCUT2D eigenvalue weighted by molar-refractivity contribution is 5.98. The van der Waals surface area contributed by atoms with Gasteiger partial charge in [0.15, 0.2) is 0 Å². The third-order valence-corrected chi connectivity index (χ3v) is 3.93. The van der Waals surface area contributed by atoms with Crippen molar-refractivity contribution in [1.29, 1.82) is 0 Å². The molecular weight excluding hydrogens is 258 g/mol. The van der Waals surface area contributed by atoms with Crippen LogP contribution >= 0.6 is 0 Å². The van der Waals surface area contributed by atoms with Gasteiger partial charge in [-0.15, -0.1) is 0 Å². The van der Waals surface area contributed by atoms with E-state index in [1.165, 1.54) is 0 Å². The van der Waals surface area contributed by atoms with Crippen LogP contribution in [0.15, 0.2) is 0 Å². The fourth-order valence-electron chi connectivity index (χ4n) is 2.45. The molecule has 0 aromatic carbocycles. The molecule has 0 bridgehead atoms. The summed E-state index contributed by atoms with van der Waals surface area (Å²) in [6, 6.07) is 0. The Kier molecular flexibility index (Phi) is 5.57. The van der Waals surface area contributed by atoms with Crippen molar-refractivity contribution in [3.8, 4) is 0 Å². The number of rotatable bonds is 6. The molecule has 5 nitrogen and oxygen atoms in total. The van der Waals surface area contributed by atoms with Crippen LogP contribution in [-0.2, 0) is 19.1 Å². The zero-order chi connectivity index (χ0) is 15.4. The van der Waals surface area contributed by atoms with E-state index in [1.54, 1.807) is 14.0 Å². The fraction of sp³-hybridized carbons (Fsp3) is 0.867. The second-order valence-corrected chi connectivity index (χ2v) is 6.51. The Bertz CT molecular complexity index is 350. The monoisotopic (exact) mass is 285 g/mol. The zero-order valence-electron chi connectivity index (χ0n) is 13.2. The van der Waals surface area contributed by atoms with E-state index >= 15 is 0 Å². The molecule has 1 N–H and O–H groups in total. The highest BCUT2D eigenvalue weighted by Crippen LogP contribution is 2.34. The Morgan fingerprint density at radius 2 is 1.90 bits per heavy atom. The van der Waals surface area contributed by atoms with Crippen LogP contribution in [0.1, 0.15) is 47.0 Å². The molecule has 1 atom stereocenters. The Labute approximate surface area is 121 Å². The summed E-state index contributed by atoms with van der Waals surface area (Å²) < 4.78 is 10.5. The normalized spacial score (nSPS) is 18.9. The lowest BCUT2D eigenvalue weighted by Crippen LogP contribution is -2.52. The van der Waals surface area contributed by atoms with E-state index in [0.717, 1.165) is 19.3 Å². The molecule has 1 fully saturated rings. The van der Waals surface area contributed by atoms with Crippen LogP contribution < -0.4 is 5.32 Å². The summed E-state index contributed by atoms with van der Waals surface area (Å²) in [6.07, 6.45) is 3.01. The summed E-state index contributed by atoms with van der Waals surface area (Å²) in [5.41, 5.74) is -0.719. The quantitative estimate of drug-likeness (QED) is 0.598. The number of hydrogen-bond donors (Lipinski definition) is 1. The van der Waals surface area contributed by atoms with Gasteiger partial charge in [0.25, 0.3) is 0 Å². The number of hydrogen-bond acceptors (Lipinski definition) is 4. The maximum absolute atomic E-state index is 12.3. The number of esters is 1. The van der Waals surface area contributed by atoms with Gasteiger partial charge in [-0.3, -0.25) is 9.59 Å². The minimum Gasteiger partial charge on any atom is -0.465 e. The molecule has 0 heterocycles. The van der Waals surface area contributed by atoms with Crippen molar-refractivity contribution in [2.75, 3.05) is 20.3 Å². The zero-order valence-corrected chi connectivity index (χ0v) is 13.2. The molecule has 5 heteroatoms. The minimum atomic E-state index is -0.795. The van der Waals surface area contributed by atoms with Gasteiger partial charge < -0.3 is 14.8 Å². The lowest BCUT2D eigenvalue weighted by molar-refractivity contribution is -0.157. The van der Waals surface area contributed by atoms with E-state index < -0.39 is 17.3 Å². The van der Waals surface area contributed by atoms with Gasteiger partial charge in [0.2, 0.25) is 5.91 Å². The first-order chi connectivity index (χ1) is 9.25. The summed E-state index contributed by atoms with van der Waals surface area (Å²) in [6.45, 7) is 8.07. The fourth-order valence-corrected chi connectivity index (χ4v) is 2.45. The van der Waals surface area contributed by atoms with Crippen LogP contribution in [0.3, 0.4) is 0 Å². The maximum Gasteiger partial charge on any atom is 0.319 e. The average Bonchev–Trinajstić information content (AvgIpc) is 2.26. The maximum atomic E-state index is 12.3. The molecule has 0 saturated heterocycles. The number of nitrogens with one attached hydrogen (secondary N) is 1. The molecular formula is C15H27NO4. The average molecular weight is 285 g/mol. The highest BCUT2D eigenvalue weighted by Gasteiger charge is 2.42. The molecule has 1 aliphatic rings. The largest absolute Gasteiger partial charge is 0.465 e. The lowest BCUT2D eigenvalue weighted by Gasteiger charge is -2.41. The molecule has 1 aliphatic carbocycles. The molecule has 1 amide bonds. The van der Waals surface area contributed by atoms with Crippen molar-refractivity contribution in [2.24, 2.45) is 11.3 Å². The second-order valence-electron chi connectivity index (χ2n) is 6.51. The standard InChI is InChI=1S/C15H27NO4/c1-6-20-13(18)11(14(2,3)4)12(17)16-10-15(19-5)8-7-9-15/h11H,6-10H2,1-5H3,(H,16,17). The number of methoxy groups -OCH3 is 1. The van der Waals surface area contributed by atoms with Crippen LogP contribution in [0.25, 0.3) is 0 Å². The molecule has 0 aromatic heterocycles. The van der Waals surface area contributed by atoms with E-state index in [2.05, 4.69) is 5.32 Å². The van der Waals surface area contributed by atoms with Gasteiger partial charge in [0, 0.05) is 13.7 Å². The van der Waals surface area contributed by atoms with Gasteiger partial charge in [0.1, 0.15) is 5.92 Å². The van der Waals surface area contributed by atoms with Crippen LogP contribution in [0.4, 0.5) is 0 Å². The molecule has 0 spiro atoms. The first-order valence-electron chi connectivity index (χ1n) is 7.25. The molecule has 0 radical (unpaired) electrons. The van der Waals surface area contributed by atoms with E-state index in [0.29, 0.717) is 6.54 Å². The minimum absolute atomic E-state index is 0.243. The number of carbonyl (C=O) groups is 2. The van der Waals surface area contributed by atoms with Gasteiger partial charge in [0.05, 0.1) is 12.2 Å². The SMILES string of the molecule is CCOC(=O)C(C(=O)NCC1(OC)CCC1)C(C)(C)C. The Morgan fingerprint density at radius 3 is 2.25 bits per heavy atom. The third kappa shape index (κ3) is 3.95. The molecule has 0 aromatic rings. The van der Waals surface area contributed by atoms with Crippen molar-refractivity contribution in [3.63, 3.8) is 0 Å². The molecule has 1 unspecified atom stereocenters. The summed E-state index contributed by atoms with van der Waals surface area (Å²) in [4.78, 5) is 24.3. The Morgan fingerprint density at radius 1 is 1.30 bits per heavy atom. The van der Waals surface area contributed by atoms with E-state index in [9.17, 15) is 9.59 Å². The summed E-state index contributed by atoms with van der Waals surface area (Å²) >= 11 is 0. The Hall–Kier alpha value is -1.10. The summed E-state index contributed by atoms with van der Waals surface area (Å²) in [5.74, 6) is -1.53. The molecule has 1 saturated carbocycles. The molecule has 1 rings (SSSR count). The number of ether oxygens (including phenoxy) is 2. The molecule has 20 heavy (non-hydrogen) atoms. The van der Waals surface area contributed by atoms with Crippen LogP contribution in [0, 0.1) is 11.3 Å². The summed E-state index contributed by atoms with van der Waals surface area (Å²) in [7, 11) is 1.66. The number of carbonyl (C=O) groups excluding carboxylic acids is 2. The second kappa shape index (κ2) is 6.57. The van der Waals surface area contributed by atoms with Crippen molar-refractivity contribution in [3.05, 3.63) is 0 Å².